The first-order valence-corrected chi connectivity index (χ1v) is 10.7. The van der Waals surface area contributed by atoms with Crippen molar-refractivity contribution in [2.45, 2.75) is 4.90 Å². The number of halogens is 1. The summed E-state index contributed by atoms with van der Waals surface area (Å²) in [7, 11) is -2.28. The molecule has 1 saturated heterocycles. The van der Waals surface area contributed by atoms with Crippen LogP contribution in [0, 0.1) is 0 Å². The van der Waals surface area contributed by atoms with Gasteiger partial charge in [-0.25, -0.2) is 13.4 Å². The minimum Gasteiger partial charge on any atom is -0.495 e. The Balaban J connectivity index is 1.47. The first kappa shape index (κ1) is 19.6. The van der Waals surface area contributed by atoms with Crippen LogP contribution in [-0.4, -0.2) is 65.8 Å². The summed E-state index contributed by atoms with van der Waals surface area (Å²) >= 11 is 6.00. The Morgan fingerprint density at radius 2 is 1.76 bits per heavy atom. The Hall–Kier alpha value is -2.69. The van der Waals surface area contributed by atoms with Crippen LogP contribution in [-0.2, 0) is 10.0 Å². The molecule has 0 N–H and O–H groups in total. The van der Waals surface area contributed by atoms with Crippen LogP contribution in [0.2, 0.25) is 5.02 Å². The van der Waals surface area contributed by atoms with Crippen LogP contribution in [0.3, 0.4) is 0 Å². The fraction of sp³-hybridized carbons (Fsp3) is 0.278. The molecule has 0 unspecified atom stereocenters. The summed E-state index contributed by atoms with van der Waals surface area (Å²) in [5.74, 6) is 1.64. The van der Waals surface area contributed by atoms with Crippen molar-refractivity contribution < 1.29 is 13.2 Å². The number of piperazine rings is 1. The number of imidazole rings is 1. The molecule has 29 heavy (non-hydrogen) atoms. The zero-order chi connectivity index (χ0) is 20.4. The number of methoxy groups -OCH3 is 1. The molecule has 9 nitrogen and oxygen atoms in total. The standard InChI is InChI=1S/C18H19ClN6O3S/c1-28-15-3-2-14(19)12-16(15)29(26,27)25-10-8-23(9-11-25)17-4-5-18(22-21-17)24-7-6-20-13-24/h2-7,12-13H,8-11H2,1H3. The van der Waals surface area contributed by atoms with Crippen molar-refractivity contribution in [2.24, 2.45) is 0 Å². The average Bonchev–Trinajstić information content (AvgIpc) is 3.29. The van der Waals surface area contributed by atoms with E-state index in [9.17, 15) is 8.42 Å². The van der Waals surface area contributed by atoms with Crippen molar-refractivity contribution in [1.82, 2.24) is 24.1 Å². The summed E-state index contributed by atoms with van der Waals surface area (Å²) in [6.07, 6.45) is 5.11. The van der Waals surface area contributed by atoms with Crippen molar-refractivity contribution >= 4 is 27.4 Å². The smallest absolute Gasteiger partial charge is 0.246 e. The Kier molecular flexibility index (Phi) is 5.39. The van der Waals surface area contributed by atoms with E-state index in [1.165, 1.54) is 17.5 Å². The van der Waals surface area contributed by atoms with Crippen molar-refractivity contribution in [3.05, 3.63) is 54.1 Å². The lowest BCUT2D eigenvalue weighted by Crippen LogP contribution is -2.49. The number of aromatic nitrogens is 4. The van der Waals surface area contributed by atoms with Crippen molar-refractivity contribution in [2.75, 3.05) is 38.2 Å². The van der Waals surface area contributed by atoms with E-state index in [1.54, 1.807) is 35.4 Å². The topological polar surface area (TPSA) is 93.5 Å². The molecule has 0 atom stereocenters. The summed E-state index contributed by atoms with van der Waals surface area (Å²) in [5.41, 5.74) is 0. The van der Waals surface area contributed by atoms with Gasteiger partial charge in [-0.2, -0.15) is 4.31 Å². The molecule has 1 aliphatic rings. The van der Waals surface area contributed by atoms with Crippen molar-refractivity contribution in [1.29, 1.82) is 0 Å². The summed E-state index contributed by atoms with van der Waals surface area (Å²) in [4.78, 5) is 6.07. The van der Waals surface area contributed by atoms with E-state index < -0.39 is 10.0 Å². The van der Waals surface area contributed by atoms with Crippen molar-refractivity contribution in [3.63, 3.8) is 0 Å². The lowest BCUT2D eigenvalue weighted by molar-refractivity contribution is 0.373. The average molecular weight is 435 g/mol. The molecule has 4 rings (SSSR count). The van der Waals surface area contributed by atoms with Crippen LogP contribution in [0.4, 0.5) is 5.82 Å². The maximum Gasteiger partial charge on any atom is 0.246 e. The van der Waals surface area contributed by atoms with Gasteiger partial charge in [-0.3, -0.25) is 4.57 Å². The monoisotopic (exact) mass is 434 g/mol. The normalized spacial score (nSPS) is 15.4. The van der Waals surface area contributed by atoms with Crippen LogP contribution in [0.25, 0.3) is 5.82 Å². The van der Waals surface area contributed by atoms with Gasteiger partial charge in [0.25, 0.3) is 0 Å². The lowest BCUT2D eigenvalue weighted by atomic mass is 10.3. The van der Waals surface area contributed by atoms with Gasteiger partial charge in [-0.1, -0.05) is 11.6 Å². The number of ether oxygens (including phenoxy) is 1. The van der Waals surface area contributed by atoms with Crippen LogP contribution >= 0.6 is 11.6 Å². The molecule has 0 aliphatic carbocycles. The molecular weight excluding hydrogens is 416 g/mol. The molecule has 0 saturated carbocycles. The second-order valence-electron chi connectivity index (χ2n) is 6.41. The Morgan fingerprint density at radius 3 is 2.38 bits per heavy atom. The van der Waals surface area contributed by atoms with Crippen LogP contribution in [0.15, 0.2) is 53.9 Å². The third-order valence-electron chi connectivity index (χ3n) is 4.71. The van der Waals surface area contributed by atoms with Gasteiger partial charge in [0.2, 0.25) is 10.0 Å². The summed E-state index contributed by atoms with van der Waals surface area (Å²) in [6.45, 7) is 1.65. The number of sulfonamides is 1. The van der Waals surface area contributed by atoms with Gasteiger partial charge in [-0.05, 0) is 30.3 Å². The van der Waals surface area contributed by atoms with Gasteiger partial charge in [0.1, 0.15) is 17.0 Å². The van der Waals surface area contributed by atoms with Gasteiger partial charge >= 0.3 is 0 Å². The highest BCUT2D eigenvalue weighted by atomic mass is 35.5. The maximum atomic E-state index is 13.1. The molecular formula is C18H19ClN6O3S. The van der Waals surface area contributed by atoms with E-state index in [0.717, 1.165) is 0 Å². The first-order valence-electron chi connectivity index (χ1n) is 8.90. The minimum absolute atomic E-state index is 0.0745. The summed E-state index contributed by atoms with van der Waals surface area (Å²) in [6, 6.07) is 8.30. The first-order chi connectivity index (χ1) is 14.0. The van der Waals surface area contributed by atoms with E-state index in [1.807, 2.05) is 17.0 Å². The zero-order valence-electron chi connectivity index (χ0n) is 15.6. The Morgan fingerprint density at radius 1 is 1.03 bits per heavy atom. The molecule has 3 aromatic rings. The number of hydrogen-bond acceptors (Lipinski definition) is 7. The fourth-order valence-electron chi connectivity index (χ4n) is 3.17. The highest BCUT2D eigenvalue weighted by molar-refractivity contribution is 7.89. The molecule has 0 spiro atoms. The predicted octanol–water partition coefficient (Wildman–Crippen LogP) is 1.84. The van der Waals surface area contributed by atoms with E-state index in [2.05, 4.69) is 15.2 Å². The predicted molar refractivity (Wildman–Crippen MR) is 108 cm³/mol. The molecule has 2 aromatic heterocycles. The maximum absolute atomic E-state index is 13.1. The van der Waals surface area contributed by atoms with E-state index >= 15 is 0 Å². The van der Waals surface area contributed by atoms with E-state index in [0.29, 0.717) is 42.8 Å². The van der Waals surface area contributed by atoms with Crippen molar-refractivity contribution in [3.8, 4) is 11.6 Å². The van der Waals surface area contributed by atoms with Crippen LogP contribution in [0.5, 0.6) is 5.75 Å². The number of nitrogens with zero attached hydrogens (tertiary/aromatic N) is 6. The second kappa shape index (κ2) is 7.97. The van der Waals surface area contributed by atoms with Gasteiger partial charge in [0.15, 0.2) is 11.6 Å². The quantitative estimate of drug-likeness (QED) is 0.604. The SMILES string of the molecule is COc1ccc(Cl)cc1S(=O)(=O)N1CCN(c2ccc(-n3ccnc3)nn2)CC1. The minimum atomic E-state index is -3.72. The third kappa shape index (κ3) is 3.91. The summed E-state index contributed by atoms with van der Waals surface area (Å²) < 4.78 is 34.6. The molecule has 0 amide bonds. The van der Waals surface area contributed by atoms with Gasteiger partial charge in [0.05, 0.1) is 7.11 Å². The largest absolute Gasteiger partial charge is 0.495 e. The number of benzene rings is 1. The molecule has 1 aromatic carbocycles. The molecule has 11 heteroatoms. The Bertz CT molecular complexity index is 1080. The second-order valence-corrected chi connectivity index (χ2v) is 8.75. The number of hydrogen-bond donors (Lipinski definition) is 0. The van der Waals surface area contributed by atoms with E-state index in [-0.39, 0.29) is 10.6 Å². The van der Waals surface area contributed by atoms with Gasteiger partial charge < -0.3 is 9.64 Å². The van der Waals surface area contributed by atoms with Gasteiger partial charge in [-0.15, -0.1) is 10.2 Å². The summed E-state index contributed by atoms with van der Waals surface area (Å²) in [5, 5.41) is 8.82. The molecule has 0 radical (unpaired) electrons. The lowest BCUT2D eigenvalue weighted by Gasteiger charge is -2.34. The molecule has 1 aliphatic heterocycles. The highest BCUT2D eigenvalue weighted by Gasteiger charge is 2.31. The van der Waals surface area contributed by atoms with Crippen LogP contribution in [0.1, 0.15) is 0 Å². The number of anilines is 1. The fourth-order valence-corrected chi connectivity index (χ4v) is 5.01. The van der Waals surface area contributed by atoms with E-state index in [4.69, 9.17) is 16.3 Å². The van der Waals surface area contributed by atoms with Crippen LogP contribution < -0.4 is 9.64 Å². The number of rotatable bonds is 5. The highest BCUT2D eigenvalue weighted by Crippen LogP contribution is 2.30. The third-order valence-corrected chi connectivity index (χ3v) is 6.87. The molecule has 152 valence electrons. The Labute approximate surface area is 173 Å². The molecule has 0 bridgehead atoms. The molecule has 1 fully saturated rings. The zero-order valence-corrected chi connectivity index (χ0v) is 17.2. The molecule has 3 heterocycles. The van der Waals surface area contributed by atoms with Gasteiger partial charge in [0, 0.05) is 43.6 Å².